The molecule has 7 nitrogen and oxygen atoms in total. The van der Waals surface area contributed by atoms with Crippen LogP contribution in [0.3, 0.4) is 0 Å². The summed E-state index contributed by atoms with van der Waals surface area (Å²) in [5.74, 6) is 0. The molecule has 0 spiro atoms. The van der Waals surface area contributed by atoms with Gasteiger partial charge in [-0.1, -0.05) is 0 Å². The van der Waals surface area contributed by atoms with E-state index in [-0.39, 0.29) is 18.0 Å². The van der Waals surface area contributed by atoms with Gasteiger partial charge in [0.2, 0.25) is 10.0 Å². The van der Waals surface area contributed by atoms with E-state index in [2.05, 4.69) is 14.9 Å². The van der Waals surface area contributed by atoms with Crippen molar-refractivity contribution in [3.8, 4) is 0 Å². The zero-order valence-electron chi connectivity index (χ0n) is 10.3. The number of aliphatic hydroxyl groups is 1. The van der Waals surface area contributed by atoms with Gasteiger partial charge in [0, 0.05) is 25.1 Å². The Morgan fingerprint density at radius 1 is 1.47 bits per heavy atom. The normalized spacial score (nSPS) is 11.7. The van der Waals surface area contributed by atoms with Crippen LogP contribution in [0, 0.1) is 0 Å². The fourth-order valence-electron chi connectivity index (χ4n) is 1.56. The van der Waals surface area contributed by atoms with Crippen LogP contribution in [0.15, 0.2) is 35.5 Å². The second-order valence-corrected chi connectivity index (χ2v) is 5.74. The molecule has 2 heterocycles. The van der Waals surface area contributed by atoms with Crippen LogP contribution < -0.4 is 4.72 Å². The number of aromatic nitrogens is 3. The van der Waals surface area contributed by atoms with Gasteiger partial charge < -0.3 is 9.67 Å². The molecule has 2 N–H and O–H groups in total. The number of hydrogen-bond acceptors (Lipinski definition) is 5. The zero-order chi connectivity index (χ0) is 13.9. The van der Waals surface area contributed by atoms with E-state index in [0.29, 0.717) is 11.4 Å². The summed E-state index contributed by atoms with van der Waals surface area (Å²) in [7, 11) is -1.95. The lowest BCUT2D eigenvalue weighted by molar-refractivity contribution is 0.272. The van der Waals surface area contributed by atoms with Crippen LogP contribution in [0.5, 0.6) is 0 Å². The molecule has 0 aromatic carbocycles. The van der Waals surface area contributed by atoms with Gasteiger partial charge in [-0.2, -0.15) is 10.2 Å². The molecule has 0 fully saturated rings. The quantitative estimate of drug-likeness (QED) is 0.790. The number of aryl methyl sites for hydroxylation is 1. The Morgan fingerprint density at radius 2 is 2.26 bits per heavy atom. The maximum atomic E-state index is 12.0. The van der Waals surface area contributed by atoms with Crippen molar-refractivity contribution in [2.24, 2.45) is 7.05 Å². The summed E-state index contributed by atoms with van der Waals surface area (Å²) in [5, 5.41) is 16.5. The lowest BCUT2D eigenvalue weighted by atomic mass is 10.4. The molecule has 0 unspecified atom stereocenters. The van der Waals surface area contributed by atoms with Crippen LogP contribution in [-0.2, 0) is 30.2 Å². The third kappa shape index (κ3) is 3.16. The molecule has 0 bridgehead atoms. The number of nitrogens with zero attached hydrogens (tertiary/aromatic N) is 3. The highest BCUT2D eigenvalue weighted by Crippen LogP contribution is 2.13. The average molecular weight is 282 g/mol. The summed E-state index contributed by atoms with van der Waals surface area (Å²) in [6, 6.07) is 4.79. The number of hydrogen-bond donors (Lipinski definition) is 2. The molecule has 0 atom stereocenters. The Balaban J connectivity index is 2.14. The molecular formula is C11H14N4O3S. The first-order chi connectivity index (χ1) is 9.03. The fraction of sp³-hybridized carbons (Fsp3) is 0.273. The van der Waals surface area contributed by atoms with Crippen molar-refractivity contribution in [2.45, 2.75) is 18.0 Å². The summed E-state index contributed by atoms with van der Waals surface area (Å²) in [6.45, 7) is -0.143. The van der Waals surface area contributed by atoms with Crippen molar-refractivity contribution in [1.82, 2.24) is 19.5 Å². The molecule has 0 amide bonds. The molecule has 0 aliphatic heterocycles. The molecule has 2 rings (SSSR count). The minimum atomic E-state index is -3.62. The summed E-state index contributed by atoms with van der Waals surface area (Å²) in [6.07, 6.45) is 2.97. The van der Waals surface area contributed by atoms with Gasteiger partial charge in [0.15, 0.2) is 0 Å². The highest BCUT2D eigenvalue weighted by atomic mass is 32.2. The molecule has 0 saturated heterocycles. The van der Waals surface area contributed by atoms with Crippen LogP contribution in [0.25, 0.3) is 0 Å². The van der Waals surface area contributed by atoms with Crippen molar-refractivity contribution in [3.05, 3.63) is 42.0 Å². The Labute approximate surface area is 111 Å². The largest absolute Gasteiger partial charge is 0.390 e. The van der Waals surface area contributed by atoms with Crippen molar-refractivity contribution in [2.75, 3.05) is 0 Å². The number of sulfonamides is 1. The summed E-state index contributed by atoms with van der Waals surface area (Å²) >= 11 is 0. The van der Waals surface area contributed by atoms with Crippen molar-refractivity contribution < 1.29 is 13.5 Å². The van der Waals surface area contributed by atoms with E-state index in [1.54, 1.807) is 23.7 Å². The lowest BCUT2D eigenvalue weighted by Gasteiger charge is -2.03. The van der Waals surface area contributed by atoms with Gasteiger partial charge in [-0.3, -0.25) is 0 Å². The molecule has 0 aliphatic carbocycles. The molecule has 2 aromatic rings. The Kier molecular flexibility index (Phi) is 3.93. The summed E-state index contributed by atoms with van der Waals surface area (Å²) < 4.78 is 28.1. The summed E-state index contributed by atoms with van der Waals surface area (Å²) in [4.78, 5) is 0.114. The van der Waals surface area contributed by atoms with Gasteiger partial charge in [-0.15, -0.1) is 0 Å². The predicted molar refractivity (Wildman–Crippen MR) is 67.4 cm³/mol. The first-order valence-electron chi connectivity index (χ1n) is 5.55. The van der Waals surface area contributed by atoms with E-state index < -0.39 is 10.0 Å². The molecule has 0 aliphatic rings. The van der Waals surface area contributed by atoms with Gasteiger partial charge in [0.05, 0.1) is 23.7 Å². The van der Waals surface area contributed by atoms with E-state index in [1.165, 1.54) is 18.5 Å². The average Bonchev–Trinajstić information content (AvgIpc) is 2.80. The minimum Gasteiger partial charge on any atom is -0.390 e. The smallest absolute Gasteiger partial charge is 0.242 e. The lowest BCUT2D eigenvalue weighted by Crippen LogP contribution is -2.23. The van der Waals surface area contributed by atoms with Crippen LogP contribution in [-0.4, -0.2) is 28.3 Å². The number of aliphatic hydroxyl groups excluding tert-OH is 1. The van der Waals surface area contributed by atoms with Crippen molar-refractivity contribution in [3.63, 3.8) is 0 Å². The fourth-order valence-corrected chi connectivity index (χ4v) is 2.65. The third-order valence-electron chi connectivity index (χ3n) is 2.63. The maximum absolute atomic E-state index is 12.0. The SMILES string of the molecule is Cn1cc(S(=O)(=O)NCc2cccnn2)cc1CO. The van der Waals surface area contributed by atoms with Crippen LogP contribution in [0.4, 0.5) is 0 Å². The van der Waals surface area contributed by atoms with Gasteiger partial charge in [0.25, 0.3) is 0 Å². The molecule has 0 saturated carbocycles. The van der Waals surface area contributed by atoms with E-state index in [0.717, 1.165) is 0 Å². The zero-order valence-corrected chi connectivity index (χ0v) is 11.1. The van der Waals surface area contributed by atoms with Crippen molar-refractivity contribution in [1.29, 1.82) is 0 Å². The van der Waals surface area contributed by atoms with E-state index in [9.17, 15) is 8.42 Å². The molecule has 19 heavy (non-hydrogen) atoms. The van der Waals surface area contributed by atoms with E-state index in [4.69, 9.17) is 5.11 Å². The number of rotatable bonds is 5. The second-order valence-electron chi connectivity index (χ2n) is 3.98. The Hall–Kier alpha value is -1.77. The van der Waals surface area contributed by atoms with Gasteiger partial charge >= 0.3 is 0 Å². The molecular weight excluding hydrogens is 268 g/mol. The van der Waals surface area contributed by atoms with Crippen LogP contribution >= 0.6 is 0 Å². The third-order valence-corrected chi connectivity index (χ3v) is 3.99. The highest BCUT2D eigenvalue weighted by Gasteiger charge is 2.17. The Bertz CT molecular complexity index is 652. The molecule has 8 heteroatoms. The molecule has 102 valence electrons. The molecule has 0 radical (unpaired) electrons. The van der Waals surface area contributed by atoms with Gasteiger partial charge in [0.1, 0.15) is 0 Å². The Morgan fingerprint density at radius 3 is 2.84 bits per heavy atom. The minimum absolute atomic E-state index is 0.0690. The van der Waals surface area contributed by atoms with E-state index >= 15 is 0 Å². The summed E-state index contributed by atoms with van der Waals surface area (Å²) in [5.41, 5.74) is 1.06. The first kappa shape index (κ1) is 13.7. The van der Waals surface area contributed by atoms with E-state index in [1.807, 2.05) is 0 Å². The van der Waals surface area contributed by atoms with Crippen LogP contribution in [0.2, 0.25) is 0 Å². The second kappa shape index (κ2) is 5.47. The van der Waals surface area contributed by atoms with Crippen LogP contribution in [0.1, 0.15) is 11.4 Å². The predicted octanol–water partition coefficient (Wildman–Crippen LogP) is -0.214. The van der Waals surface area contributed by atoms with Gasteiger partial charge in [-0.25, -0.2) is 13.1 Å². The maximum Gasteiger partial charge on any atom is 0.242 e. The van der Waals surface area contributed by atoms with Gasteiger partial charge in [-0.05, 0) is 18.2 Å². The number of nitrogens with one attached hydrogen (secondary N) is 1. The monoisotopic (exact) mass is 282 g/mol. The molecule has 2 aromatic heterocycles. The highest BCUT2D eigenvalue weighted by molar-refractivity contribution is 7.89. The standard InChI is InChI=1S/C11H14N4O3S/c1-15-7-11(5-10(15)8-16)19(17,18)13-6-9-3-2-4-12-14-9/h2-5,7,13,16H,6,8H2,1H3. The topological polar surface area (TPSA) is 97.1 Å². The van der Waals surface area contributed by atoms with Crippen molar-refractivity contribution >= 4 is 10.0 Å². The first-order valence-corrected chi connectivity index (χ1v) is 7.03.